The van der Waals surface area contributed by atoms with Crippen molar-refractivity contribution in [3.63, 3.8) is 0 Å². The summed E-state index contributed by atoms with van der Waals surface area (Å²) in [6.45, 7) is 3.53. The standard InChI is InChI=1S/C16H21BrN2O4/c1-22-16-13-5-3-11(18-6-8-23-9-7-18)2-4-12(13)14(17)10-15(16)19(20)21/h10-11H,2-9H2,1H3. The molecule has 3 rings (SSSR count). The second-order valence-electron chi connectivity index (χ2n) is 6.00. The minimum atomic E-state index is -0.367. The number of rotatable bonds is 3. The van der Waals surface area contributed by atoms with Crippen LogP contribution in [0.5, 0.6) is 5.75 Å². The largest absolute Gasteiger partial charge is 0.490 e. The predicted molar refractivity (Wildman–Crippen MR) is 90.2 cm³/mol. The van der Waals surface area contributed by atoms with Gasteiger partial charge in [-0.2, -0.15) is 0 Å². The molecule has 1 heterocycles. The summed E-state index contributed by atoms with van der Waals surface area (Å²) in [5, 5.41) is 11.3. The highest BCUT2D eigenvalue weighted by Gasteiger charge is 2.30. The van der Waals surface area contributed by atoms with Gasteiger partial charge in [-0.3, -0.25) is 15.0 Å². The van der Waals surface area contributed by atoms with E-state index in [4.69, 9.17) is 9.47 Å². The summed E-state index contributed by atoms with van der Waals surface area (Å²) in [7, 11) is 1.51. The van der Waals surface area contributed by atoms with Crippen molar-refractivity contribution in [2.24, 2.45) is 0 Å². The van der Waals surface area contributed by atoms with Crippen molar-refractivity contribution in [3.05, 3.63) is 31.8 Å². The van der Waals surface area contributed by atoms with Gasteiger partial charge in [-0.05, 0) is 31.2 Å². The molecule has 7 heteroatoms. The summed E-state index contributed by atoms with van der Waals surface area (Å²) in [6.07, 6.45) is 3.77. The Bertz CT molecular complexity index is 602. The summed E-state index contributed by atoms with van der Waals surface area (Å²) < 4.78 is 11.7. The van der Waals surface area contributed by atoms with Gasteiger partial charge in [-0.15, -0.1) is 0 Å². The lowest BCUT2D eigenvalue weighted by Crippen LogP contribution is -2.43. The van der Waals surface area contributed by atoms with Crippen LogP contribution in [0.15, 0.2) is 10.5 Å². The molecule has 0 radical (unpaired) electrons. The molecule has 1 aliphatic heterocycles. The molecule has 0 aromatic heterocycles. The van der Waals surface area contributed by atoms with Crippen LogP contribution in [0.2, 0.25) is 0 Å². The third kappa shape index (κ3) is 3.36. The van der Waals surface area contributed by atoms with E-state index in [2.05, 4.69) is 20.8 Å². The Morgan fingerprint density at radius 2 is 1.96 bits per heavy atom. The van der Waals surface area contributed by atoms with Gasteiger partial charge in [0.05, 0.1) is 25.2 Å². The third-order valence-corrected chi connectivity index (χ3v) is 5.55. The molecule has 0 saturated carbocycles. The number of halogens is 1. The first-order valence-corrected chi connectivity index (χ1v) is 8.75. The third-order valence-electron chi connectivity index (χ3n) is 4.84. The fourth-order valence-corrected chi connectivity index (χ4v) is 4.33. The van der Waals surface area contributed by atoms with E-state index in [9.17, 15) is 10.1 Å². The Balaban J connectivity index is 1.89. The van der Waals surface area contributed by atoms with Gasteiger partial charge >= 0.3 is 5.69 Å². The molecule has 1 aromatic rings. The van der Waals surface area contributed by atoms with Crippen LogP contribution >= 0.6 is 15.9 Å². The first-order chi connectivity index (χ1) is 11.1. The number of ether oxygens (including phenoxy) is 2. The molecule has 0 N–H and O–H groups in total. The number of fused-ring (bicyclic) bond motifs is 1. The highest BCUT2D eigenvalue weighted by Crippen LogP contribution is 2.41. The number of hydrogen-bond acceptors (Lipinski definition) is 5. The Labute approximate surface area is 144 Å². The molecule has 126 valence electrons. The predicted octanol–water partition coefficient (Wildman–Crippen LogP) is 2.95. The van der Waals surface area contributed by atoms with Gasteiger partial charge in [-0.25, -0.2) is 0 Å². The SMILES string of the molecule is COc1c([N+](=O)[O-])cc(Br)c2c1CCC(N1CCOCC1)CC2. The summed E-state index contributed by atoms with van der Waals surface area (Å²) in [4.78, 5) is 13.4. The van der Waals surface area contributed by atoms with E-state index in [-0.39, 0.29) is 10.6 Å². The maximum atomic E-state index is 11.3. The first kappa shape index (κ1) is 16.7. The van der Waals surface area contributed by atoms with Crippen LogP contribution in [0.4, 0.5) is 5.69 Å². The zero-order valence-corrected chi connectivity index (χ0v) is 14.8. The first-order valence-electron chi connectivity index (χ1n) is 7.96. The van der Waals surface area contributed by atoms with Crippen molar-refractivity contribution < 1.29 is 14.4 Å². The van der Waals surface area contributed by atoms with E-state index in [1.165, 1.54) is 7.11 Å². The second kappa shape index (κ2) is 7.15. The highest BCUT2D eigenvalue weighted by molar-refractivity contribution is 9.10. The fraction of sp³-hybridized carbons (Fsp3) is 0.625. The number of nitro benzene ring substituents is 1. The summed E-state index contributed by atoms with van der Waals surface area (Å²) in [5.41, 5.74) is 2.19. The Hall–Kier alpha value is -1.18. The molecule has 1 aliphatic carbocycles. The highest BCUT2D eigenvalue weighted by atomic mass is 79.9. The van der Waals surface area contributed by atoms with Crippen LogP contribution in [0.1, 0.15) is 24.0 Å². The zero-order chi connectivity index (χ0) is 16.4. The fourth-order valence-electron chi connectivity index (χ4n) is 3.68. The molecule has 2 aliphatic rings. The summed E-state index contributed by atoms with van der Waals surface area (Å²) in [5.74, 6) is 0.427. The summed E-state index contributed by atoms with van der Waals surface area (Å²) in [6, 6.07) is 2.08. The minimum absolute atomic E-state index is 0.0444. The van der Waals surface area contributed by atoms with Crippen LogP contribution in [-0.2, 0) is 17.6 Å². The Kier molecular flexibility index (Phi) is 5.18. The smallest absolute Gasteiger partial charge is 0.312 e. The van der Waals surface area contributed by atoms with Gasteiger partial charge in [0.25, 0.3) is 0 Å². The monoisotopic (exact) mass is 384 g/mol. The van der Waals surface area contributed by atoms with E-state index in [1.807, 2.05) is 0 Å². The molecule has 6 nitrogen and oxygen atoms in total. The molecular formula is C16H21BrN2O4. The van der Waals surface area contributed by atoms with Gasteiger partial charge in [0.15, 0.2) is 5.75 Å². The number of nitrogens with zero attached hydrogens (tertiary/aromatic N) is 2. The van der Waals surface area contributed by atoms with Crippen LogP contribution < -0.4 is 4.74 Å². The number of methoxy groups -OCH3 is 1. The number of nitro groups is 1. The average molecular weight is 385 g/mol. The maximum absolute atomic E-state index is 11.3. The van der Waals surface area contributed by atoms with E-state index >= 15 is 0 Å². The van der Waals surface area contributed by atoms with E-state index < -0.39 is 0 Å². The van der Waals surface area contributed by atoms with Crippen LogP contribution in [0, 0.1) is 10.1 Å². The van der Waals surface area contributed by atoms with Crippen molar-refractivity contribution in [2.45, 2.75) is 31.7 Å². The van der Waals surface area contributed by atoms with Crippen molar-refractivity contribution in [3.8, 4) is 5.75 Å². The second-order valence-corrected chi connectivity index (χ2v) is 6.86. The lowest BCUT2D eigenvalue weighted by atomic mass is 10.0. The quantitative estimate of drug-likeness (QED) is 0.455. The summed E-state index contributed by atoms with van der Waals surface area (Å²) >= 11 is 3.52. The van der Waals surface area contributed by atoms with E-state index in [0.717, 1.165) is 67.6 Å². The molecule has 1 atom stereocenters. The molecule has 0 amide bonds. The molecule has 23 heavy (non-hydrogen) atoms. The molecule has 0 bridgehead atoms. The molecule has 0 spiro atoms. The van der Waals surface area contributed by atoms with Crippen molar-refractivity contribution in [2.75, 3.05) is 33.4 Å². The molecule has 1 saturated heterocycles. The van der Waals surface area contributed by atoms with E-state index in [1.54, 1.807) is 6.07 Å². The van der Waals surface area contributed by atoms with Crippen molar-refractivity contribution in [1.82, 2.24) is 4.90 Å². The van der Waals surface area contributed by atoms with Crippen LogP contribution in [0.25, 0.3) is 0 Å². The topological polar surface area (TPSA) is 64.8 Å². The zero-order valence-electron chi connectivity index (χ0n) is 13.2. The Morgan fingerprint density at radius 3 is 2.57 bits per heavy atom. The number of hydrogen-bond donors (Lipinski definition) is 0. The van der Waals surface area contributed by atoms with Gasteiger partial charge in [0.1, 0.15) is 0 Å². The average Bonchev–Trinajstić information content (AvgIpc) is 2.79. The molecule has 1 unspecified atom stereocenters. The van der Waals surface area contributed by atoms with E-state index in [0.29, 0.717) is 11.8 Å². The molecule has 1 fully saturated rings. The van der Waals surface area contributed by atoms with Gasteiger partial charge in [0, 0.05) is 35.2 Å². The number of morpholine rings is 1. The normalized spacial score (nSPS) is 22.3. The van der Waals surface area contributed by atoms with Gasteiger partial charge < -0.3 is 9.47 Å². The number of benzene rings is 1. The van der Waals surface area contributed by atoms with Crippen molar-refractivity contribution in [1.29, 1.82) is 0 Å². The van der Waals surface area contributed by atoms with Crippen LogP contribution in [0.3, 0.4) is 0 Å². The lowest BCUT2D eigenvalue weighted by Gasteiger charge is -2.33. The Morgan fingerprint density at radius 1 is 1.30 bits per heavy atom. The lowest BCUT2D eigenvalue weighted by molar-refractivity contribution is -0.385. The minimum Gasteiger partial charge on any atom is -0.490 e. The van der Waals surface area contributed by atoms with Gasteiger partial charge in [-0.1, -0.05) is 15.9 Å². The van der Waals surface area contributed by atoms with Crippen LogP contribution in [-0.4, -0.2) is 49.3 Å². The molecule has 1 aromatic carbocycles. The van der Waals surface area contributed by atoms with Crippen molar-refractivity contribution >= 4 is 21.6 Å². The molecular weight excluding hydrogens is 364 g/mol. The van der Waals surface area contributed by atoms with Gasteiger partial charge in [0.2, 0.25) is 0 Å². The maximum Gasteiger partial charge on any atom is 0.312 e.